The third kappa shape index (κ3) is 2.64. The number of hydrogen-bond donors (Lipinski definition) is 0. The molecule has 0 heterocycles. The largest absolute Gasteiger partial charge is 0.534 e. The first kappa shape index (κ1) is 12.4. The Balaban J connectivity index is 2.77. The van der Waals surface area contributed by atoms with Gasteiger partial charge in [-0.15, -0.1) is 0 Å². The van der Waals surface area contributed by atoms with Gasteiger partial charge in [0.1, 0.15) is 5.76 Å². The van der Waals surface area contributed by atoms with Crippen molar-refractivity contribution >= 4 is 10.1 Å². The minimum atomic E-state index is -5.50. The van der Waals surface area contributed by atoms with Crippen molar-refractivity contribution < 1.29 is 25.8 Å². The predicted molar refractivity (Wildman–Crippen MR) is 47.1 cm³/mol. The molecule has 0 fully saturated rings. The molecule has 3 nitrogen and oxygen atoms in total. The van der Waals surface area contributed by atoms with E-state index in [-0.39, 0.29) is 24.0 Å². The molecule has 0 saturated carbocycles. The molecule has 0 amide bonds. The summed E-state index contributed by atoms with van der Waals surface area (Å²) in [5.41, 5.74) is -5.36. The van der Waals surface area contributed by atoms with Crippen LogP contribution in [0.2, 0.25) is 0 Å². The molecule has 0 aliphatic heterocycles. The molecule has 0 N–H and O–H groups in total. The van der Waals surface area contributed by atoms with E-state index in [0.717, 1.165) is 0 Å². The number of halogens is 3. The van der Waals surface area contributed by atoms with E-state index in [9.17, 15) is 21.6 Å². The highest BCUT2D eigenvalue weighted by molar-refractivity contribution is 7.87. The minimum absolute atomic E-state index is 0.0310. The van der Waals surface area contributed by atoms with Gasteiger partial charge in [-0.05, 0) is 17.9 Å². The van der Waals surface area contributed by atoms with Gasteiger partial charge in [0, 0.05) is 6.42 Å². The molecule has 2 atom stereocenters. The average molecular weight is 244 g/mol. The van der Waals surface area contributed by atoms with Crippen LogP contribution in [0.15, 0.2) is 11.8 Å². The topological polar surface area (TPSA) is 43.4 Å². The maximum absolute atomic E-state index is 11.9. The molecule has 7 heteroatoms. The van der Waals surface area contributed by atoms with E-state index >= 15 is 0 Å². The maximum atomic E-state index is 11.9. The van der Waals surface area contributed by atoms with Gasteiger partial charge < -0.3 is 4.18 Å². The van der Waals surface area contributed by atoms with Gasteiger partial charge in [0.05, 0.1) is 0 Å². The van der Waals surface area contributed by atoms with Crippen LogP contribution in [0.1, 0.15) is 20.3 Å². The molecule has 0 saturated heterocycles. The fraction of sp³-hybridized carbons (Fsp3) is 0.750. The second-order valence-corrected chi connectivity index (χ2v) is 5.19. The van der Waals surface area contributed by atoms with Crippen LogP contribution in [0.25, 0.3) is 0 Å². The maximum Gasteiger partial charge on any atom is 0.534 e. The quantitative estimate of drug-likeness (QED) is 0.553. The molecule has 1 aliphatic rings. The monoisotopic (exact) mass is 244 g/mol. The normalized spacial score (nSPS) is 27.7. The molecule has 2 unspecified atom stereocenters. The first-order chi connectivity index (χ1) is 6.63. The fourth-order valence-corrected chi connectivity index (χ4v) is 1.78. The van der Waals surface area contributed by atoms with Crippen LogP contribution in [0.5, 0.6) is 0 Å². The van der Waals surface area contributed by atoms with E-state index in [1.807, 2.05) is 6.92 Å². The van der Waals surface area contributed by atoms with Gasteiger partial charge in [0.25, 0.3) is 0 Å². The van der Waals surface area contributed by atoms with Gasteiger partial charge in [-0.1, -0.05) is 13.8 Å². The standard InChI is InChI=1S/C8H11F3O3S/c1-5-3-7(4-6(5)2)14-15(12,13)8(9,10)11/h3,5-6H,4H2,1-2H3. The van der Waals surface area contributed by atoms with Crippen LogP contribution in [0, 0.1) is 11.8 Å². The molecule has 1 rings (SSSR count). The summed E-state index contributed by atoms with van der Waals surface area (Å²) in [5.74, 6) is 0.0131. The predicted octanol–water partition coefficient (Wildman–Crippen LogP) is 2.41. The van der Waals surface area contributed by atoms with E-state index in [1.165, 1.54) is 6.08 Å². The summed E-state index contributed by atoms with van der Waals surface area (Å²) >= 11 is 0. The number of rotatable bonds is 2. The highest BCUT2D eigenvalue weighted by Gasteiger charge is 2.49. The van der Waals surface area contributed by atoms with Gasteiger partial charge in [0.2, 0.25) is 0 Å². The summed E-state index contributed by atoms with van der Waals surface area (Å²) in [4.78, 5) is 0. The molecule has 0 spiro atoms. The SMILES string of the molecule is CC1C=C(OS(=O)(=O)C(F)(F)F)CC1C. The van der Waals surface area contributed by atoms with Crippen LogP contribution in [0.4, 0.5) is 13.2 Å². The van der Waals surface area contributed by atoms with Crippen molar-refractivity contribution in [3.8, 4) is 0 Å². The molecule has 1 aliphatic carbocycles. The first-order valence-electron chi connectivity index (χ1n) is 4.35. The van der Waals surface area contributed by atoms with Crippen molar-refractivity contribution in [1.82, 2.24) is 0 Å². The Hall–Kier alpha value is -0.720. The molecule has 0 aromatic rings. The zero-order valence-electron chi connectivity index (χ0n) is 8.21. The van der Waals surface area contributed by atoms with Gasteiger partial charge in [0.15, 0.2) is 0 Å². The fourth-order valence-electron chi connectivity index (χ4n) is 1.28. The molecular weight excluding hydrogens is 233 g/mol. The Bertz CT molecular complexity index is 369. The lowest BCUT2D eigenvalue weighted by Gasteiger charge is -2.10. The molecule has 0 radical (unpaired) electrons. The van der Waals surface area contributed by atoms with Crippen LogP contribution >= 0.6 is 0 Å². The number of allylic oxidation sites excluding steroid dienone is 2. The molecule has 0 aromatic heterocycles. The molecule has 0 bridgehead atoms. The minimum Gasteiger partial charge on any atom is -0.381 e. The zero-order valence-corrected chi connectivity index (χ0v) is 9.02. The van der Waals surface area contributed by atoms with Crippen molar-refractivity contribution in [2.75, 3.05) is 0 Å². The van der Waals surface area contributed by atoms with Gasteiger partial charge in [-0.2, -0.15) is 21.6 Å². The Morgan fingerprint density at radius 2 is 1.93 bits per heavy atom. The second-order valence-electron chi connectivity index (χ2n) is 3.66. The number of hydrogen-bond acceptors (Lipinski definition) is 3. The molecular formula is C8H11F3O3S. The molecule has 0 aromatic carbocycles. The van der Waals surface area contributed by atoms with Gasteiger partial charge in [-0.25, -0.2) is 0 Å². The van der Waals surface area contributed by atoms with E-state index in [2.05, 4.69) is 4.18 Å². The van der Waals surface area contributed by atoms with Crippen molar-refractivity contribution in [3.05, 3.63) is 11.8 Å². The summed E-state index contributed by atoms with van der Waals surface area (Å²) in [6.07, 6.45) is 1.63. The highest BCUT2D eigenvalue weighted by Crippen LogP contribution is 2.34. The average Bonchev–Trinajstić information content (AvgIpc) is 2.27. The van der Waals surface area contributed by atoms with E-state index in [4.69, 9.17) is 0 Å². The van der Waals surface area contributed by atoms with Crippen molar-refractivity contribution in [3.63, 3.8) is 0 Å². The summed E-state index contributed by atoms with van der Waals surface area (Å²) < 4.78 is 61.1. The number of alkyl halides is 3. The van der Waals surface area contributed by atoms with E-state index in [1.54, 1.807) is 6.92 Å². The van der Waals surface area contributed by atoms with Gasteiger partial charge in [-0.3, -0.25) is 0 Å². The highest BCUT2D eigenvalue weighted by atomic mass is 32.2. The smallest absolute Gasteiger partial charge is 0.381 e. The molecule has 88 valence electrons. The summed E-state index contributed by atoms with van der Waals surface area (Å²) in [6.45, 7) is 3.61. The zero-order chi connectivity index (χ0) is 11.9. The van der Waals surface area contributed by atoms with Crippen molar-refractivity contribution in [2.45, 2.75) is 25.8 Å². The third-order valence-corrected chi connectivity index (χ3v) is 3.37. The Kier molecular flexibility index (Phi) is 3.04. The van der Waals surface area contributed by atoms with Crippen LogP contribution < -0.4 is 0 Å². The van der Waals surface area contributed by atoms with E-state index < -0.39 is 15.6 Å². The lowest BCUT2D eigenvalue weighted by molar-refractivity contribution is -0.0523. The summed E-state index contributed by atoms with van der Waals surface area (Å²) in [6, 6.07) is 0. The molecule has 15 heavy (non-hydrogen) atoms. The van der Waals surface area contributed by atoms with Crippen molar-refractivity contribution in [2.24, 2.45) is 11.8 Å². The van der Waals surface area contributed by atoms with E-state index in [0.29, 0.717) is 0 Å². The van der Waals surface area contributed by atoms with Crippen LogP contribution in [-0.4, -0.2) is 13.9 Å². The lowest BCUT2D eigenvalue weighted by Crippen LogP contribution is -2.25. The van der Waals surface area contributed by atoms with Gasteiger partial charge >= 0.3 is 15.6 Å². The third-order valence-electron chi connectivity index (χ3n) is 2.37. The Labute approximate surface area is 86.0 Å². The first-order valence-corrected chi connectivity index (χ1v) is 5.76. The summed E-state index contributed by atoms with van der Waals surface area (Å²) in [5, 5.41) is 0. The lowest BCUT2D eigenvalue weighted by atomic mass is 10.0. The van der Waals surface area contributed by atoms with Crippen LogP contribution in [0.3, 0.4) is 0 Å². The van der Waals surface area contributed by atoms with Crippen molar-refractivity contribution in [1.29, 1.82) is 0 Å². The van der Waals surface area contributed by atoms with Crippen LogP contribution in [-0.2, 0) is 14.3 Å². The Morgan fingerprint density at radius 3 is 2.27 bits per heavy atom. The Morgan fingerprint density at radius 1 is 1.40 bits per heavy atom. The summed E-state index contributed by atoms with van der Waals surface area (Å²) in [7, 11) is -5.50. The second kappa shape index (κ2) is 3.70.